The molecule has 102 valence electrons. The van der Waals surface area contributed by atoms with Crippen molar-refractivity contribution in [3.8, 4) is 5.75 Å². The Bertz CT molecular complexity index is 636. The van der Waals surface area contributed by atoms with Crippen LogP contribution in [0.25, 0.3) is 0 Å². The Morgan fingerprint density at radius 1 is 1.15 bits per heavy atom. The van der Waals surface area contributed by atoms with E-state index in [1.807, 2.05) is 30.3 Å². The Hall–Kier alpha value is -2.33. The standard InChI is InChI=1S/C16H14O4/c17-15-9-12(10-4-2-1-3-5-10)13-8-11(16(18)19)6-7-14(13)20-15/h1-8,12,15,17H,9H2,(H,18,19)/t12-,15+/m0/s1. The third-order valence-electron chi connectivity index (χ3n) is 3.53. The summed E-state index contributed by atoms with van der Waals surface area (Å²) in [5, 5.41) is 18.9. The maximum absolute atomic E-state index is 11.1. The molecule has 1 aliphatic heterocycles. The fraction of sp³-hybridized carbons (Fsp3) is 0.188. The molecule has 0 radical (unpaired) electrons. The average Bonchev–Trinajstić information content (AvgIpc) is 2.46. The van der Waals surface area contributed by atoms with Crippen LogP contribution in [0, 0.1) is 0 Å². The number of carboxylic acid groups (broad SMARTS) is 1. The molecule has 0 bridgehead atoms. The highest BCUT2D eigenvalue weighted by Crippen LogP contribution is 2.40. The van der Waals surface area contributed by atoms with Gasteiger partial charge in [-0.1, -0.05) is 30.3 Å². The van der Waals surface area contributed by atoms with Crippen molar-refractivity contribution >= 4 is 5.97 Å². The number of hydrogen-bond acceptors (Lipinski definition) is 3. The van der Waals surface area contributed by atoms with Crippen molar-refractivity contribution in [1.29, 1.82) is 0 Å². The second-order valence-corrected chi connectivity index (χ2v) is 4.83. The Morgan fingerprint density at radius 2 is 1.90 bits per heavy atom. The lowest BCUT2D eigenvalue weighted by Gasteiger charge is -2.30. The second-order valence-electron chi connectivity index (χ2n) is 4.83. The zero-order valence-electron chi connectivity index (χ0n) is 10.7. The van der Waals surface area contributed by atoms with Gasteiger partial charge in [-0.2, -0.15) is 0 Å². The second kappa shape index (κ2) is 4.98. The number of carbonyl (C=O) groups is 1. The van der Waals surface area contributed by atoms with E-state index in [0.29, 0.717) is 12.2 Å². The van der Waals surface area contributed by atoms with Crippen LogP contribution >= 0.6 is 0 Å². The van der Waals surface area contributed by atoms with Crippen LogP contribution < -0.4 is 4.74 Å². The molecule has 4 heteroatoms. The van der Waals surface area contributed by atoms with Crippen LogP contribution in [0.3, 0.4) is 0 Å². The lowest BCUT2D eigenvalue weighted by molar-refractivity contribution is -0.0359. The minimum atomic E-state index is -0.967. The van der Waals surface area contributed by atoms with Crippen molar-refractivity contribution in [1.82, 2.24) is 0 Å². The van der Waals surface area contributed by atoms with Gasteiger partial charge in [-0.3, -0.25) is 0 Å². The van der Waals surface area contributed by atoms with Crippen LogP contribution in [0.5, 0.6) is 5.75 Å². The van der Waals surface area contributed by atoms with E-state index in [1.54, 1.807) is 12.1 Å². The molecule has 0 spiro atoms. The number of fused-ring (bicyclic) bond motifs is 1. The molecular formula is C16H14O4. The third kappa shape index (κ3) is 2.26. The number of rotatable bonds is 2. The van der Waals surface area contributed by atoms with Crippen LogP contribution in [-0.4, -0.2) is 22.5 Å². The number of benzene rings is 2. The molecule has 20 heavy (non-hydrogen) atoms. The summed E-state index contributed by atoms with van der Waals surface area (Å²) in [6, 6.07) is 14.4. The highest BCUT2D eigenvalue weighted by atomic mass is 16.6. The molecule has 2 aromatic carbocycles. The lowest BCUT2D eigenvalue weighted by Crippen LogP contribution is -2.26. The van der Waals surface area contributed by atoms with Gasteiger partial charge < -0.3 is 14.9 Å². The number of aliphatic hydroxyl groups excluding tert-OH is 1. The largest absolute Gasteiger partial charge is 0.478 e. The first-order chi connectivity index (χ1) is 9.65. The fourth-order valence-electron chi connectivity index (χ4n) is 2.59. The van der Waals surface area contributed by atoms with Crippen LogP contribution in [0.1, 0.15) is 33.8 Å². The maximum Gasteiger partial charge on any atom is 0.335 e. The molecule has 0 aliphatic carbocycles. The van der Waals surface area contributed by atoms with E-state index in [9.17, 15) is 9.90 Å². The maximum atomic E-state index is 11.1. The first kappa shape index (κ1) is 12.7. The minimum absolute atomic E-state index is 0.0609. The van der Waals surface area contributed by atoms with Gasteiger partial charge in [-0.15, -0.1) is 0 Å². The molecule has 4 nitrogen and oxygen atoms in total. The summed E-state index contributed by atoms with van der Waals surface area (Å²) >= 11 is 0. The summed E-state index contributed by atoms with van der Waals surface area (Å²) in [6.45, 7) is 0. The summed E-state index contributed by atoms with van der Waals surface area (Å²) in [7, 11) is 0. The van der Waals surface area contributed by atoms with Gasteiger partial charge in [0.15, 0.2) is 6.29 Å². The van der Waals surface area contributed by atoms with Crippen molar-refractivity contribution in [2.45, 2.75) is 18.6 Å². The van der Waals surface area contributed by atoms with Gasteiger partial charge in [-0.25, -0.2) is 4.79 Å². The smallest absolute Gasteiger partial charge is 0.335 e. The average molecular weight is 270 g/mol. The molecule has 2 aromatic rings. The van der Waals surface area contributed by atoms with Crippen LogP contribution in [0.2, 0.25) is 0 Å². The van der Waals surface area contributed by atoms with Crippen molar-refractivity contribution < 1.29 is 19.7 Å². The number of aromatic carboxylic acids is 1. The molecule has 0 saturated heterocycles. The zero-order chi connectivity index (χ0) is 14.1. The van der Waals surface area contributed by atoms with Crippen LogP contribution in [0.4, 0.5) is 0 Å². The molecule has 0 amide bonds. The molecule has 0 unspecified atom stereocenters. The Kier molecular flexibility index (Phi) is 3.16. The third-order valence-corrected chi connectivity index (χ3v) is 3.53. The van der Waals surface area contributed by atoms with E-state index in [0.717, 1.165) is 11.1 Å². The Morgan fingerprint density at radius 3 is 2.60 bits per heavy atom. The van der Waals surface area contributed by atoms with Gasteiger partial charge in [0.25, 0.3) is 0 Å². The Balaban J connectivity index is 2.10. The normalized spacial score (nSPS) is 20.9. The molecule has 0 aromatic heterocycles. The summed E-state index contributed by atoms with van der Waals surface area (Å²) < 4.78 is 5.38. The first-order valence-electron chi connectivity index (χ1n) is 6.42. The van der Waals surface area contributed by atoms with E-state index in [-0.39, 0.29) is 11.5 Å². The summed E-state index contributed by atoms with van der Waals surface area (Å²) in [5.41, 5.74) is 2.07. The SMILES string of the molecule is O=C(O)c1ccc2c(c1)[C@H](c1ccccc1)C[C@H](O)O2. The lowest BCUT2D eigenvalue weighted by atomic mass is 9.85. The predicted octanol–water partition coefficient (Wildman–Crippen LogP) is 2.62. The van der Waals surface area contributed by atoms with E-state index in [2.05, 4.69) is 0 Å². The zero-order valence-corrected chi connectivity index (χ0v) is 10.7. The molecule has 1 heterocycles. The van der Waals surface area contributed by atoms with Crippen LogP contribution in [-0.2, 0) is 0 Å². The van der Waals surface area contributed by atoms with E-state index >= 15 is 0 Å². The fourth-order valence-corrected chi connectivity index (χ4v) is 2.59. The number of aliphatic hydroxyl groups is 1. The molecule has 2 atom stereocenters. The Labute approximate surface area is 116 Å². The highest BCUT2D eigenvalue weighted by Gasteiger charge is 2.29. The first-order valence-corrected chi connectivity index (χ1v) is 6.42. The van der Waals surface area contributed by atoms with Crippen molar-refractivity contribution in [3.05, 3.63) is 65.2 Å². The molecule has 2 N–H and O–H groups in total. The molecule has 1 aliphatic rings. The van der Waals surface area contributed by atoms with Gasteiger partial charge in [0.2, 0.25) is 0 Å². The van der Waals surface area contributed by atoms with Gasteiger partial charge in [0.1, 0.15) is 5.75 Å². The molecular weight excluding hydrogens is 256 g/mol. The summed E-state index contributed by atoms with van der Waals surface area (Å²) in [4.78, 5) is 11.1. The van der Waals surface area contributed by atoms with Gasteiger partial charge in [0.05, 0.1) is 5.56 Å². The molecule has 0 fully saturated rings. The number of ether oxygens (including phenoxy) is 1. The van der Waals surface area contributed by atoms with Crippen molar-refractivity contribution in [3.63, 3.8) is 0 Å². The van der Waals surface area contributed by atoms with Gasteiger partial charge in [0, 0.05) is 17.9 Å². The van der Waals surface area contributed by atoms with Crippen molar-refractivity contribution in [2.24, 2.45) is 0 Å². The monoisotopic (exact) mass is 270 g/mol. The topological polar surface area (TPSA) is 66.8 Å². The van der Waals surface area contributed by atoms with E-state index in [1.165, 1.54) is 6.07 Å². The van der Waals surface area contributed by atoms with E-state index in [4.69, 9.17) is 9.84 Å². The number of carboxylic acids is 1. The highest BCUT2D eigenvalue weighted by molar-refractivity contribution is 5.88. The van der Waals surface area contributed by atoms with E-state index < -0.39 is 12.3 Å². The molecule has 0 saturated carbocycles. The summed E-state index contributed by atoms with van der Waals surface area (Å²) in [5.74, 6) is -0.484. The molecule has 3 rings (SSSR count). The van der Waals surface area contributed by atoms with Crippen molar-refractivity contribution in [2.75, 3.05) is 0 Å². The van der Waals surface area contributed by atoms with Gasteiger partial charge in [-0.05, 0) is 23.8 Å². The van der Waals surface area contributed by atoms with Crippen LogP contribution in [0.15, 0.2) is 48.5 Å². The quantitative estimate of drug-likeness (QED) is 0.880. The minimum Gasteiger partial charge on any atom is -0.478 e. The van der Waals surface area contributed by atoms with Gasteiger partial charge >= 0.3 is 5.97 Å². The number of hydrogen-bond donors (Lipinski definition) is 2. The summed E-state index contributed by atoms with van der Waals surface area (Å²) in [6.07, 6.45) is -0.455. The predicted molar refractivity (Wildman–Crippen MR) is 72.9 cm³/mol.